The zero-order valence-corrected chi connectivity index (χ0v) is 26.3. The van der Waals surface area contributed by atoms with Crippen LogP contribution in [0.3, 0.4) is 0 Å². The molecule has 0 heterocycles. The van der Waals surface area contributed by atoms with Gasteiger partial charge >= 0.3 is 11.9 Å². The zero-order valence-electron chi connectivity index (χ0n) is 19.4. The van der Waals surface area contributed by atoms with Crippen LogP contribution in [-0.2, 0) is 19.7 Å². The molecule has 0 unspecified atom stereocenters. The normalized spacial score (nSPS) is 14.0. The minimum atomic E-state index is -4.74. The van der Waals surface area contributed by atoms with Gasteiger partial charge in [-0.2, -0.15) is 8.42 Å². The number of allylic oxidation sites excluding steroid dienone is 4. The number of rotatable bonds is 5. The maximum absolute atomic E-state index is 12.0. The van der Waals surface area contributed by atoms with E-state index in [2.05, 4.69) is 0 Å². The first-order valence-corrected chi connectivity index (χ1v) is 10.4. The molecule has 0 atom stereocenters. The van der Waals surface area contributed by atoms with E-state index in [1.807, 2.05) is 0 Å². The number of ketones is 1. The van der Waals surface area contributed by atoms with Crippen LogP contribution in [0.5, 0.6) is 5.75 Å². The van der Waals surface area contributed by atoms with Crippen LogP contribution in [-0.4, -0.2) is 135 Å². The zero-order chi connectivity index (χ0) is 23.8. The maximum atomic E-state index is 12.0. The van der Waals surface area contributed by atoms with Crippen molar-refractivity contribution in [1.29, 1.82) is 0 Å². The fourth-order valence-corrected chi connectivity index (χ4v) is 4.01. The van der Waals surface area contributed by atoms with Gasteiger partial charge in [0.25, 0.3) is 10.1 Å². The topological polar surface area (TPSA) is 166 Å². The van der Waals surface area contributed by atoms with E-state index in [9.17, 15) is 42.7 Å². The third kappa shape index (κ3) is 7.50. The van der Waals surface area contributed by atoms with Gasteiger partial charge in [-0.1, -0.05) is 24.3 Å². The molecule has 0 aromatic heterocycles. The first-order chi connectivity index (χ1) is 14.9. The molecule has 0 saturated carbocycles. The number of carbonyl (C=O) groups excluding carboxylic acids is 1. The van der Waals surface area contributed by atoms with Gasteiger partial charge in [-0.15, -0.1) is 0 Å². The maximum Gasteiger partial charge on any atom is 0.339 e. The second kappa shape index (κ2) is 13.5. The minimum Gasteiger partial charge on any atom is -0.507 e. The molecular formula is C22H16Na3O9S. The Hall–Kier alpha value is -1.02. The van der Waals surface area contributed by atoms with Crippen LogP contribution in [0.15, 0.2) is 70.7 Å². The molecule has 0 bridgehead atoms. The van der Waals surface area contributed by atoms with Crippen LogP contribution >= 0.6 is 0 Å². The number of carboxylic acids is 2. The molecule has 1 aliphatic rings. The number of carboxylic acid groups (broad SMARTS) is 2. The Morgan fingerprint density at radius 3 is 2.03 bits per heavy atom. The average molecular weight is 525 g/mol. The Labute approximate surface area is 267 Å². The number of carbonyl (C=O) groups is 3. The van der Waals surface area contributed by atoms with Crippen molar-refractivity contribution >= 4 is 122 Å². The second-order valence-electron chi connectivity index (χ2n) is 6.86. The smallest absolute Gasteiger partial charge is 0.339 e. The molecule has 3 radical (unpaired) electrons. The van der Waals surface area contributed by atoms with Gasteiger partial charge in [0.05, 0.1) is 0 Å². The summed E-state index contributed by atoms with van der Waals surface area (Å²) in [4.78, 5) is 34.5. The van der Waals surface area contributed by atoms with Crippen LogP contribution in [0.4, 0.5) is 0 Å². The van der Waals surface area contributed by atoms with Crippen molar-refractivity contribution in [3.63, 3.8) is 0 Å². The molecule has 2 aromatic carbocycles. The van der Waals surface area contributed by atoms with Gasteiger partial charge in [-0.25, -0.2) is 9.59 Å². The van der Waals surface area contributed by atoms with Gasteiger partial charge in [-0.3, -0.25) is 9.35 Å². The number of aromatic carboxylic acids is 1. The molecule has 4 N–H and O–H groups in total. The summed E-state index contributed by atoms with van der Waals surface area (Å²) in [7, 11) is -4.74. The summed E-state index contributed by atoms with van der Waals surface area (Å²) in [6, 6.07) is 7.76. The standard InChI is InChI=1S/C22H16O9S.3Na/c1-11-8-13(10-16(20(11)24)22(27)28)19(12-6-7-17(23)15(9-12)21(25)26)14-4-2-3-5-18(14)32(29,30)31;;;/h2-10,24H,1H3,(H,25,26)(H,27,28)(H,29,30,31);;;. The molecule has 3 rings (SSSR count). The van der Waals surface area contributed by atoms with Crippen molar-refractivity contribution in [3.05, 3.63) is 88.0 Å². The quantitative estimate of drug-likeness (QED) is 0.257. The number of phenols is 1. The van der Waals surface area contributed by atoms with E-state index in [0.717, 1.165) is 24.3 Å². The van der Waals surface area contributed by atoms with E-state index in [1.165, 1.54) is 37.3 Å². The van der Waals surface area contributed by atoms with Crippen molar-refractivity contribution in [2.45, 2.75) is 11.8 Å². The fourth-order valence-electron chi connectivity index (χ4n) is 3.32. The summed E-state index contributed by atoms with van der Waals surface area (Å²) in [6.45, 7) is 1.43. The summed E-state index contributed by atoms with van der Waals surface area (Å²) < 4.78 is 33.7. The molecule has 0 spiro atoms. The second-order valence-corrected chi connectivity index (χ2v) is 8.25. The number of hydrogen-bond donors (Lipinski definition) is 4. The molecule has 13 heteroatoms. The number of hydrogen-bond acceptors (Lipinski definition) is 6. The number of aryl methyl sites for hydroxylation is 1. The predicted octanol–water partition coefficient (Wildman–Crippen LogP) is 1.45. The molecule has 0 aliphatic heterocycles. The Morgan fingerprint density at radius 1 is 0.886 bits per heavy atom. The van der Waals surface area contributed by atoms with Crippen LogP contribution in [0.2, 0.25) is 0 Å². The van der Waals surface area contributed by atoms with E-state index in [4.69, 9.17) is 0 Å². The SMILES string of the molecule is Cc1cc(C(=C2C=CC(=O)C(C(=O)O)=C2)c2ccccc2S(=O)(=O)O)cc(C(=O)O)c1O.[Na].[Na].[Na]. The number of aliphatic carboxylic acids is 1. The molecule has 0 amide bonds. The molecule has 0 saturated heterocycles. The summed E-state index contributed by atoms with van der Waals surface area (Å²) >= 11 is 0. The summed E-state index contributed by atoms with van der Waals surface area (Å²) in [6.07, 6.45) is 3.27. The van der Waals surface area contributed by atoms with Crippen molar-refractivity contribution in [3.8, 4) is 5.75 Å². The Morgan fingerprint density at radius 2 is 1.49 bits per heavy atom. The summed E-state index contributed by atoms with van der Waals surface area (Å²) in [5, 5.41) is 28.9. The van der Waals surface area contributed by atoms with Crippen LogP contribution in [0.25, 0.3) is 5.57 Å². The molecule has 167 valence electrons. The summed E-state index contributed by atoms with van der Waals surface area (Å²) in [5.41, 5.74) is -0.735. The largest absolute Gasteiger partial charge is 0.507 e. The minimum absolute atomic E-state index is 0. The van der Waals surface area contributed by atoms with E-state index >= 15 is 0 Å². The average Bonchev–Trinajstić information content (AvgIpc) is 2.71. The molecule has 9 nitrogen and oxygen atoms in total. The molecule has 2 aromatic rings. The Kier molecular flexibility index (Phi) is 13.1. The van der Waals surface area contributed by atoms with Crippen molar-refractivity contribution in [1.82, 2.24) is 0 Å². The predicted molar refractivity (Wildman–Crippen MR) is 129 cm³/mol. The Bertz CT molecular complexity index is 1390. The van der Waals surface area contributed by atoms with E-state index in [0.29, 0.717) is 0 Å². The third-order valence-corrected chi connectivity index (χ3v) is 5.66. The van der Waals surface area contributed by atoms with E-state index < -0.39 is 49.6 Å². The van der Waals surface area contributed by atoms with E-state index in [-0.39, 0.29) is 117 Å². The first-order valence-electron chi connectivity index (χ1n) is 8.97. The van der Waals surface area contributed by atoms with Gasteiger partial charge < -0.3 is 15.3 Å². The third-order valence-electron chi connectivity index (χ3n) is 4.75. The van der Waals surface area contributed by atoms with Crippen molar-refractivity contribution in [2.75, 3.05) is 0 Å². The van der Waals surface area contributed by atoms with Crippen LogP contribution < -0.4 is 0 Å². The Balaban J connectivity index is 0.00000385. The van der Waals surface area contributed by atoms with Gasteiger partial charge in [0.15, 0.2) is 5.78 Å². The van der Waals surface area contributed by atoms with Crippen LogP contribution in [0.1, 0.15) is 27.0 Å². The van der Waals surface area contributed by atoms with Crippen molar-refractivity contribution in [2.24, 2.45) is 0 Å². The van der Waals surface area contributed by atoms with Gasteiger partial charge in [0.1, 0.15) is 21.8 Å². The molecular weight excluding hydrogens is 509 g/mol. The monoisotopic (exact) mass is 525 g/mol. The van der Waals surface area contributed by atoms with Gasteiger partial charge in [-0.05, 0) is 59.5 Å². The fraction of sp³-hybridized carbons (Fsp3) is 0.0455. The van der Waals surface area contributed by atoms with Crippen LogP contribution in [0, 0.1) is 6.92 Å². The summed E-state index contributed by atoms with van der Waals surface area (Å²) in [5.74, 6) is -4.23. The van der Waals surface area contributed by atoms with Gasteiger partial charge in [0, 0.05) is 94.2 Å². The molecule has 35 heavy (non-hydrogen) atoms. The van der Waals surface area contributed by atoms with E-state index in [1.54, 1.807) is 0 Å². The van der Waals surface area contributed by atoms with Crippen molar-refractivity contribution < 1.29 is 42.7 Å². The number of benzene rings is 2. The first kappa shape index (κ1) is 34.0. The molecule has 0 fully saturated rings. The molecule has 1 aliphatic carbocycles. The number of aromatic hydroxyl groups is 1. The van der Waals surface area contributed by atoms with Gasteiger partial charge in [0.2, 0.25) is 0 Å².